The van der Waals surface area contributed by atoms with E-state index in [2.05, 4.69) is 20.1 Å². The highest BCUT2D eigenvalue weighted by Gasteiger charge is 2.12. The number of aromatic nitrogens is 2. The van der Waals surface area contributed by atoms with Crippen molar-refractivity contribution in [2.75, 3.05) is 5.32 Å². The average Bonchev–Trinajstić information content (AvgIpc) is 2.91. The van der Waals surface area contributed by atoms with Gasteiger partial charge >= 0.3 is 0 Å². The maximum atomic E-state index is 13.2. The first kappa shape index (κ1) is 13.4. The zero-order valence-corrected chi connectivity index (χ0v) is 12.6. The maximum absolute atomic E-state index is 13.2. The number of anilines is 1. The zero-order chi connectivity index (χ0) is 14.3. The molecule has 0 saturated heterocycles. The Morgan fingerprint density at radius 2 is 2.20 bits per heavy atom. The van der Waals surface area contributed by atoms with Gasteiger partial charge in [0.1, 0.15) is 5.82 Å². The molecule has 0 radical (unpaired) electrons. The summed E-state index contributed by atoms with van der Waals surface area (Å²) in [7, 11) is 0. The minimum atomic E-state index is -0.307. The lowest BCUT2D eigenvalue weighted by atomic mass is 10.3. The van der Waals surface area contributed by atoms with E-state index in [1.807, 2.05) is 13.8 Å². The highest BCUT2D eigenvalue weighted by atomic mass is 35.5. The van der Waals surface area contributed by atoms with E-state index in [1.165, 1.54) is 12.1 Å². The van der Waals surface area contributed by atoms with Gasteiger partial charge in [0.05, 0.1) is 28.6 Å². The Kier molecular flexibility index (Phi) is 3.40. The van der Waals surface area contributed by atoms with Crippen LogP contribution in [0.1, 0.15) is 17.1 Å². The van der Waals surface area contributed by atoms with Crippen LogP contribution < -0.4 is 5.32 Å². The molecule has 3 rings (SSSR count). The summed E-state index contributed by atoms with van der Waals surface area (Å²) >= 11 is 7.67. The van der Waals surface area contributed by atoms with Crippen LogP contribution in [0.3, 0.4) is 0 Å². The van der Waals surface area contributed by atoms with E-state index < -0.39 is 0 Å². The van der Waals surface area contributed by atoms with E-state index in [9.17, 15) is 4.39 Å². The van der Waals surface area contributed by atoms with Crippen LogP contribution in [0.5, 0.6) is 0 Å². The van der Waals surface area contributed by atoms with Gasteiger partial charge in [-0.1, -0.05) is 11.6 Å². The van der Waals surface area contributed by atoms with Crippen molar-refractivity contribution in [1.29, 1.82) is 0 Å². The number of fused-ring (bicyclic) bond motifs is 1. The highest BCUT2D eigenvalue weighted by Crippen LogP contribution is 2.25. The smallest absolute Gasteiger partial charge is 0.194 e. The lowest BCUT2D eigenvalue weighted by molar-refractivity contribution is 0.628. The van der Waals surface area contributed by atoms with Crippen LogP contribution in [-0.2, 0) is 6.54 Å². The monoisotopic (exact) mass is 309 g/mol. The minimum Gasteiger partial charge on any atom is -0.378 e. The van der Waals surface area contributed by atoms with Crippen LogP contribution in [-0.4, -0.2) is 9.38 Å². The fraction of sp³-hybridized carbons (Fsp3) is 0.214. The molecule has 2 aromatic heterocycles. The first-order valence-corrected chi connectivity index (χ1v) is 7.43. The Bertz CT molecular complexity index is 778. The fourth-order valence-corrected chi connectivity index (χ4v) is 3.30. The molecule has 0 bridgehead atoms. The molecular weight excluding hydrogens is 297 g/mol. The van der Waals surface area contributed by atoms with Crippen LogP contribution in [0.15, 0.2) is 23.6 Å². The van der Waals surface area contributed by atoms with Gasteiger partial charge in [-0.15, -0.1) is 11.3 Å². The van der Waals surface area contributed by atoms with Gasteiger partial charge in [-0.25, -0.2) is 9.37 Å². The molecule has 0 unspecified atom stereocenters. The molecule has 0 amide bonds. The summed E-state index contributed by atoms with van der Waals surface area (Å²) < 4.78 is 15.4. The first-order valence-electron chi connectivity index (χ1n) is 6.17. The number of halogens is 2. The minimum absolute atomic E-state index is 0.307. The molecule has 104 valence electrons. The molecule has 0 aliphatic carbocycles. The molecule has 20 heavy (non-hydrogen) atoms. The second-order valence-electron chi connectivity index (χ2n) is 4.62. The van der Waals surface area contributed by atoms with Gasteiger partial charge < -0.3 is 5.32 Å². The zero-order valence-electron chi connectivity index (χ0n) is 11.1. The van der Waals surface area contributed by atoms with Crippen molar-refractivity contribution < 1.29 is 4.39 Å². The normalized spacial score (nSPS) is 11.2. The average molecular weight is 310 g/mol. The number of hydrogen-bond donors (Lipinski definition) is 1. The van der Waals surface area contributed by atoms with Crippen molar-refractivity contribution in [3.8, 4) is 0 Å². The molecule has 0 spiro atoms. The van der Waals surface area contributed by atoms with Crippen molar-refractivity contribution in [2.45, 2.75) is 20.4 Å². The van der Waals surface area contributed by atoms with Crippen molar-refractivity contribution >= 4 is 33.6 Å². The molecular formula is C14H13ClFN3S. The Labute approximate surface area is 125 Å². The molecule has 3 nitrogen and oxygen atoms in total. The number of rotatable bonds is 3. The number of thiazole rings is 1. The molecule has 0 aliphatic rings. The quantitative estimate of drug-likeness (QED) is 0.776. The Hall–Kier alpha value is -1.59. The second-order valence-corrected chi connectivity index (χ2v) is 5.86. The van der Waals surface area contributed by atoms with Crippen LogP contribution >= 0.6 is 22.9 Å². The van der Waals surface area contributed by atoms with Crippen molar-refractivity contribution in [3.63, 3.8) is 0 Å². The maximum Gasteiger partial charge on any atom is 0.194 e. The van der Waals surface area contributed by atoms with Gasteiger partial charge in [0.25, 0.3) is 0 Å². The van der Waals surface area contributed by atoms with Crippen LogP contribution in [0, 0.1) is 19.7 Å². The molecule has 6 heteroatoms. The van der Waals surface area contributed by atoms with Crippen molar-refractivity contribution in [1.82, 2.24) is 9.38 Å². The van der Waals surface area contributed by atoms with Gasteiger partial charge in [-0.05, 0) is 32.0 Å². The molecule has 0 atom stereocenters. The largest absolute Gasteiger partial charge is 0.378 e. The summed E-state index contributed by atoms with van der Waals surface area (Å²) in [6.07, 6.45) is 0. The van der Waals surface area contributed by atoms with Gasteiger partial charge in [0.15, 0.2) is 4.96 Å². The number of nitrogens with zero attached hydrogens (tertiary/aromatic N) is 2. The van der Waals surface area contributed by atoms with Crippen LogP contribution in [0.4, 0.5) is 10.1 Å². The third-order valence-electron chi connectivity index (χ3n) is 3.20. The summed E-state index contributed by atoms with van der Waals surface area (Å²) in [5, 5.41) is 5.75. The molecule has 3 aromatic rings. The Morgan fingerprint density at radius 1 is 1.40 bits per heavy atom. The predicted molar refractivity (Wildman–Crippen MR) is 81.3 cm³/mol. The van der Waals surface area contributed by atoms with Gasteiger partial charge in [-0.3, -0.25) is 4.40 Å². The molecule has 0 aliphatic heterocycles. The lowest BCUT2D eigenvalue weighted by Gasteiger charge is -2.09. The summed E-state index contributed by atoms with van der Waals surface area (Å²) in [5.41, 5.74) is 3.78. The summed E-state index contributed by atoms with van der Waals surface area (Å²) in [4.78, 5) is 5.49. The summed E-state index contributed by atoms with van der Waals surface area (Å²) in [6, 6.07) is 4.29. The van der Waals surface area contributed by atoms with Gasteiger partial charge in [0, 0.05) is 11.1 Å². The summed E-state index contributed by atoms with van der Waals surface area (Å²) in [6.45, 7) is 4.57. The highest BCUT2D eigenvalue weighted by molar-refractivity contribution is 7.15. The van der Waals surface area contributed by atoms with E-state index in [1.54, 1.807) is 17.4 Å². The lowest BCUT2D eigenvalue weighted by Crippen LogP contribution is -2.05. The topological polar surface area (TPSA) is 29.3 Å². The Balaban J connectivity index is 1.92. The molecule has 1 aromatic carbocycles. The summed E-state index contributed by atoms with van der Waals surface area (Å²) in [5.74, 6) is -0.307. The first-order chi connectivity index (χ1) is 9.56. The SMILES string of the molecule is Cc1nc2scc(C)n2c1CNc1cc(F)ccc1Cl. The Morgan fingerprint density at radius 3 is 3.00 bits per heavy atom. The third-order valence-corrected chi connectivity index (χ3v) is 4.48. The van der Waals surface area contributed by atoms with Gasteiger partial charge in [-0.2, -0.15) is 0 Å². The number of benzene rings is 1. The number of hydrogen-bond acceptors (Lipinski definition) is 3. The molecule has 0 fully saturated rings. The van der Waals surface area contributed by atoms with E-state index >= 15 is 0 Å². The van der Waals surface area contributed by atoms with Crippen LogP contribution in [0.2, 0.25) is 5.02 Å². The molecule has 2 heterocycles. The van der Waals surface area contributed by atoms with E-state index in [0.29, 0.717) is 17.3 Å². The van der Waals surface area contributed by atoms with E-state index in [4.69, 9.17) is 11.6 Å². The number of aryl methyl sites for hydroxylation is 2. The van der Waals surface area contributed by atoms with E-state index in [0.717, 1.165) is 22.0 Å². The fourth-order valence-electron chi connectivity index (χ4n) is 2.19. The number of nitrogens with one attached hydrogen (secondary N) is 1. The molecule has 1 N–H and O–H groups in total. The standard InChI is InChI=1S/C14H13ClFN3S/c1-8-7-20-14-18-9(2)13(19(8)14)6-17-12-5-10(16)3-4-11(12)15/h3-5,7,17H,6H2,1-2H3. The number of imidazole rings is 1. The predicted octanol–water partition coefficient (Wildman–Crippen LogP) is 4.42. The van der Waals surface area contributed by atoms with Crippen molar-refractivity contribution in [2.24, 2.45) is 0 Å². The van der Waals surface area contributed by atoms with Crippen molar-refractivity contribution in [3.05, 3.63) is 51.5 Å². The molecule has 0 saturated carbocycles. The van der Waals surface area contributed by atoms with Gasteiger partial charge in [0.2, 0.25) is 0 Å². The van der Waals surface area contributed by atoms with E-state index in [-0.39, 0.29) is 5.82 Å². The van der Waals surface area contributed by atoms with Crippen LogP contribution in [0.25, 0.3) is 4.96 Å². The second kappa shape index (κ2) is 5.07. The third kappa shape index (κ3) is 2.27.